The average Bonchev–Trinajstić information content (AvgIpc) is 3.02. The highest BCUT2D eigenvalue weighted by molar-refractivity contribution is 5.70. The Balaban J connectivity index is 3.12. The minimum Gasteiger partial charge on any atom is -0.463 e. The predicted octanol–water partition coefficient (Wildman–Crippen LogP) is 3.01. The molecule has 0 aromatic carbocycles. The number of carbonyl (C=O) groups is 2. The molecule has 0 saturated carbocycles. The predicted molar refractivity (Wildman–Crippen MR) is 174 cm³/mol. The molecule has 280 valence electrons. The topological polar surface area (TPSA) is 145 Å². The third-order valence-electron chi connectivity index (χ3n) is 5.69. The molecule has 0 fully saturated rings. The van der Waals surface area contributed by atoms with E-state index < -0.39 is 5.60 Å². The van der Waals surface area contributed by atoms with Gasteiger partial charge in [0.25, 0.3) is 0 Å². The lowest BCUT2D eigenvalue weighted by Crippen LogP contribution is -2.24. The number of esters is 2. The molecule has 0 aliphatic carbocycles. The summed E-state index contributed by atoms with van der Waals surface area (Å²) in [5, 5.41) is 0. The van der Waals surface area contributed by atoms with E-state index in [9.17, 15) is 9.59 Å². The molecular formula is C33H64O14. The van der Waals surface area contributed by atoms with Crippen molar-refractivity contribution in [1.29, 1.82) is 0 Å². The SMILES string of the molecule is CCCCCC(=O)OCCOCCOCCOCCOCCOCCOCCOCCOCCOCCOCCC(=O)OC(C)(C)C. The monoisotopic (exact) mass is 684 g/mol. The average molecular weight is 685 g/mol. The fraction of sp³-hybridized carbons (Fsp3) is 0.939. The molecule has 0 aromatic heterocycles. The fourth-order valence-electron chi connectivity index (χ4n) is 3.44. The summed E-state index contributed by atoms with van der Waals surface area (Å²) in [4.78, 5) is 23.0. The summed E-state index contributed by atoms with van der Waals surface area (Å²) < 4.78 is 64.7. The number of rotatable bonds is 37. The van der Waals surface area contributed by atoms with Crippen molar-refractivity contribution in [2.24, 2.45) is 0 Å². The van der Waals surface area contributed by atoms with E-state index in [2.05, 4.69) is 6.92 Å². The van der Waals surface area contributed by atoms with Gasteiger partial charge in [-0.05, 0) is 27.2 Å². The first-order valence-corrected chi connectivity index (χ1v) is 17.0. The Labute approximate surface area is 282 Å². The lowest BCUT2D eigenvalue weighted by molar-refractivity contribution is -0.156. The molecule has 0 aromatic rings. The van der Waals surface area contributed by atoms with Crippen LogP contribution in [0.3, 0.4) is 0 Å². The molecule has 14 heteroatoms. The standard InChI is InChI=1S/C33H64O14/c1-5-6-7-8-31(34)46-30-29-45-28-27-44-26-25-43-24-23-42-22-21-41-20-19-40-18-17-39-16-15-38-14-13-37-12-11-36-10-9-32(35)47-33(2,3)4/h5-30H2,1-4H3. The molecule has 0 radical (unpaired) electrons. The normalized spacial score (nSPS) is 11.7. The van der Waals surface area contributed by atoms with E-state index in [0.717, 1.165) is 19.3 Å². The van der Waals surface area contributed by atoms with Crippen molar-refractivity contribution in [1.82, 2.24) is 0 Å². The van der Waals surface area contributed by atoms with Gasteiger partial charge in [-0.15, -0.1) is 0 Å². The first kappa shape index (κ1) is 45.5. The van der Waals surface area contributed by atoms with Gasteiger partial charge in [-0.1, -0.05) is 19.8 Å². The second-order valence-electron chi connectivity index (χ2n) is 11.1. The molecule has 14 nitrogen and oxygen atoms in total. The quantitative estimate of drug-likeness (QED) is 0.0698. The lowest BCUT2D eigenvalue weighted by atomic mass is 10.2. The second kappa shape index (κ2) is 35.8. The number of unbranched alkanes of at least 4 members (excludes halogenated alkanes) is 2. The maximum Gasteiger partial charge on any atom is 0.308 e. The van der Waals surface area contributed by atoms with Crippen LogP contribution in [0.2, 0.25) is 0 Å². The van der Waals surface area contributed by atoms with Gasteiger partial charge < -0.3 is 56.8 Å². The van der Waals surface area contributed by atoms with Gasteiger partial charge in [0.1, 0.15) is 12.2 Å². The van der Waals surface area contributed by atoms with Crippen LogP contribution in [-0.4, -0.2) is 156 Å². The van der Waals surface area contributed by atoms with Crippen molar-refractivity contribution in [2.45, 2.75) is 65.4 Å². The Morgan fingerprint density at radius 2 is 0.681 bits per heavy atom. The highest BCUT2D eigenvalue weighted by Crippen LogP contribution is 2.08. The Bertz CT molecular complexity index is 674. The Hall–Kier alpha value is -1.46. The van der Waals surface area contributed by atoms with E-state index in [1.165, 1.54) is 0 Å². The van der Waals surface area contributed by atoms with E-state index >= 15 is 0 Å². The van der Waals surface area contributed by atoms with Crippen LogP contribution >= 0.6 is 0 Å². The van der Waals surface area contributed by atoms with Gasteiger partial charge in [0, 0.05) is 6.42 Å². The highest BCUT2D eigenvalue weighted by atomic mass is 16.6. The van der Waals surface area contributed by atoms with Gasteiger partial charge in [0.05, 0.1) is 139 Å². The van der Waals surface area contributed by atoms with Gasteiger partial charge in [0.2, 0.25) is 0 Å². The molecule has 0 N–H and O–H groups in total. The van der Waals surface area contributed by atoms with Crippen LogP contribution in [0.1, 0.15) is 59.8 Å². The molecule has 0 amide bonds. The van der Waals surface area contributed by atoms with E-state index in [4.69, 9.17) is 56.8 Å². The third-order valence-corrected chi connectivity index (χ3v) is 5.69. The van der Waals surface area contributed by atoms with Crippen LogP contribution in [0.5, 0.6) is 0 Å². The molecule has 0 aliphatic rings. The molecular weight excluding hydrogens is 620 g/mol. The van der Waals surface area contributed by atoms with Crippen LogP contribution in [-0.2, 0) is 66.4 Å². The number of carbonyl (C=O) groups excluding carboxylic acids is 2. The Morgan fingerprint density at radius 1 is 0.383 bits per heavy atom. The highest BCUT2D eigenvalue weighted by Gasteiger charge is 2.15. The molecule has 0 rings (SSSR count). The maximum absolute atomic E-state index is 11.6. The van der Waals surface area contributed by atoms with Crippen LogP contribution < -0.4 is 0 Å². The van der Waals surface area contributed by atoms with Crippen LogP contribution in [0.25, 0.3) is 0 Å². The zero-order valence-corrected chi connectivity index (χ0v) is 29.6. The molecule has 0 heterocycles. The van der Waals surface area contributed by atoms with E-state index in [-0.39, 0.29) is 25.0 Å². The first-order valence-electron chi connectivity index (χ1n) is 17.0. The fourth-order valence-corrected chi connectivity index (χ4v) is 3.44. The Kier molecular flexibility index (Phi) is 34.7. The van der Waals surface area contributed by atoms with Crippen LogP contribution in [0, 0.1) is 0 Å². The van der Waals surface area contributed by atoms with E-state index in [1.54, 1.807) is 0 Å². The van der Waals surface area contributed by atoms with Crippen molar-refractivity contribution < 1.29 is 66.4 Å². The van der Waals surface area contributed by atoms with Gasteiger partial charge >= 0.3 is 11.9 Å². The summed E-state index contributed by atoms with van der Waals surface area (Å²) in [6, 6.07) is 0. The van der Waals surface area contributed by atoms with Crippen molar-refractivity contribution in [3.8, 4) is 0 Å². The minimum atomic E-state index is -0.476. The second-order valence-corrected chi connectivity index (χ2v) is 11.1. The molecule has 0 atom stereocenters. The van der Waals surface area contributed by atoms with Gasteiger partial charge in [-0.3, -0.25) is 9.59 Å². The summed E-state index contributed by atoms with van der Waals surface area (Å²) in [5.74, 6) is -0.430. The van der Waals surface area contributed by atoms with E-state index in [0.29, 0.717) is 139 Å². The van der Waals surface area contributed by atoms with Crippen LogP contribution in [0.4, 0.5) is 0 Å². The van der Waals surface area contributed by atoms with Crippen molar-refractivity contribution >= 4 is 11.9 Å². The number of hydrogen-bond donors (Lipinski definition) is 0. The zero-order valence-electron chi connectivity index (χ0n) is 29.6. The van der Waals surface area contributed by atoms with Gasteiger partial charge in [0.15, 0.2) is 0 Å². The molecule has 0 spiro atoms. The summed E-state index contributed by atoms with van der Waals surface area (Å²) >= 11 is 0. The Morgan fingerprint density at radius 3 is 0.979 bits per heavy atom. The molecule has 0 bridgehead atoms. The zero-order chi connectivity index (χ0) is 34.5. The summed E-state index contributed by atoms with van der Waals surface area (Å²) in [7, 11) is 0. The van der Waals surface area contributed by atoms with Crippen molar-refractivity contribution in [2.75, 3.05) is 139 Å². The summed E-state index contributed by atoms with van der Waals surface area (Å²) in [6.07, 6.45) is 3.71. The van der Waals surface area contributed by atoms with Gasteiger partial charge in [-0.2, -0.15) is 0 Å². The molecule has 47 heavy (non-hydrogen) atoms. The summed E-state index contributed by atoms with van der Waals surface area (Å²) in [6.45, 7) is 17.1. The summed E-state index contributed by atoms with van der Waals surface area (Å²) in [5.41, 5.74) is -0.476. The van der Waals surface area contributed by atoms with Gasteiger partial charge in [-0.25, -0.2) is 0 Å². The van der Waals surface area contributed by atoms with Crippen molar-refractivity contribution in [3.63, 3.8) is 0 Å². The number of hydrogen-bond acceptors (Lipinski definition) is 14. The number of ether oxygens (including phenoxy) is 12. The smallest absolute Gasteiger partial charge is 0.308 e. The largest absolute Gasteiger partial charge is 0.463 e. The first-order chi connectivity index (χ1) is 22.8. The molecule has 0 saturated heterocycles. The lowest BCUT2D eigenvalue weighted by Gasteiger charge is -2.19. The van der Waals surface area contributed by atoms with Crippen LogP contribution in [0.15, 0.2) is 0 Å². The molecule has 0 aliphatic heterocycles. The maximum atomic E-state index is 11.6. The minimum absolute atomic E-state index is 0.163. The molecule has 0 unspecified atom stereocenters. The third kappa shape index (κ3) is 40.6. The van der Waals surface area contributed by atoms with E-state index in [1.807, 2.05) is 20.8 Å². The van der Waals surface area contributed by atoms with Crippen molar-refractivity contribution in [3.05, 3.63) is 0 Å².